The third-order valence-corrected chi connectivity index (χ3v) is 5.07. The summed E-state index contributed by atoms with van der Waals surface area (Å²) in [6, 6.07) is 9.00. The summed E-state index contributed by atoms with van der Waals surface area (Å²) in [7, 11) is -2.02. The summed E-state index contributed by atoms with van der Waals surface area (Å²) in [5.74, 6) is 0.777. The fourth-order valence-electron chi connectivity index (χ4n) is 2.46. The first-order chi connectivity index (χ1) is 11.0. The van der Waals surface area contributed by atoms with Gasteiger partial charge in [0.2, 0.25) is 10.0 Å². The number of sulfonamides is 1. The SMILES string of the molecule is COc1ccc(CNS(=O)(=O)c2c[nH]c3ncccc23)cc1C. The number of hydrogen-bond donors (Lipinski definition) is 2. The lowest BCUT2D eigenvalue weighted by Crippen LogP contribution is -2.23. The minimum Gasteiger partial charge on any atom is -0.496 e. The molecule has 2 heterocycles. The van der Waals surface area contributed by atoms with E-state index in [4.69, 9.17) is 4.74 Å². The van der Waals surface area contributed by atoms with Crippen molar-refractivity contribution in [2.45, 2.75) is 18.4 Å². The molecule has 0 unspecified atom stereocenters. The monoisotopic (exact) mass is 331 g/mol. The number of benzene rings is 1. The Morgan fingerprint density at radius 2 is 2.13 bits per heavy atom. The van der Waals surface area contributed by atoms with Gasteiger partial charge in [0.25, 0.3) is 0 Å². The fourth-order valence-corrected chi connectivity index (χ4v) is 3.64. The zero-order valence-electron chi connectivity index (χ0n) is 12.8. The molecule has 0 fully saturated rings. The number of pyridine rings is 1. The first-order valence-corrected chi connectivity index (χ1v) is 8.55. The van der Waals surface area contributed by atoms with Gasteiger partial charge in [0.05, 0.1) is 7.11 Å². The van der Waals surface area contributed by atoms with Crippen LogP contribution in [0.4, 0.5) is 0 Å². The third-order valence-electron chi connectivity index (χ3n) is 3.63. The number of hydrogen-bond acceptors (Lipinski definition) is 4. The van der Waals surface area contributed by atoms with Gasteiger partial charge < -0.3 is 9.72 Å². The number of aryl methyl sites for hydroxylation is 1. The summed E-state index contributed by atoms with van der Waals surface area (Å²) in [5, 5.41) is 0.575. The van der Waals surface area contributed by atoms with Crippen molar-refractivity contribution in [1.29, 1.82) is 0 Å². The molecule has 0 saturated carbocycles. The first-order valence-electron chi connectivity index (χ1n) is 7.06. The van der Waals surface area contributed by atoms with Crippen molar-refractivity contribution in [3.8, 4) is 5.75 Å². The highest BCUT2D eigenvalue weighted by Crippen LogP contribution is 2.22. The number of aromatic nitrogens is 2. The molecular formula is C16H17N3O3S. The van der Waals surface area contributed by atoms with Crippen LogP contribution in [0.1, 0.15) is 11.1 Å². The molecule has 0 aliphatic carbocycles. The number of H-pyrrole nitrogens is 1. The minimum atomic E-state index is -3.62. The Kier molecular flexibility index (Phi) is 4.06. The number of nitrogens with zero attached hydrogens (tertiary/aromatic N) is 1. The second-order valence-corrected chi connectivity index (χ2v) is 6.92. The van der Waals surface area contributed by atoms with Crippen LogP contribution < -0.4 is 9.46 Å². The normalized spacial score (nSPS) is 11.7. The zero-order valence-corrected chi connectivity index (χ0v) is 13.6. The van der Waals surface area contributed by atoms with Gasteiger partial charge in [0, 0.05) is 24.3 Å². The molecule has 0 bridgehead atoms. The van der Waals surface area contributed by atoms with Crippen LogP contribution in [-0.2, 0) is 16.6 Å². The van der Waals surface area contributed by atoms with Gasteiger partial charge in [0.15, 0.2) is 0 Å². The predicted octanol–water partition coefficient (Wildman–Crippen LogP) is 2.36. The number of ether oxygens (including phenoxy) is 1. The molecule has 0 amide bonds. The van der Waals surface area contributed by atoms with E-state index in [-0.39, 0.29) is 11.4 Å². The summed E-state index contributed by atoms with van der Waals surface area (Å²) in [6.07, 6.45) is 3.07. The van der Waals surface area contributed by atoms with Crippen molar-refractivity contribution in [1.82, 2.24) is 14.7 Å². The Morgan fingerprint density at radius 3 is 2.87 bits per heavy atom. The smallest absolute Gasteiger partial charge is 0.243 e. The average Bonchev–Trinajstić information content (AvgIpc) is 2.98. The van der Waals surface area contributed by atoms with Crippen LogP contribution in [0.25, 0.3) is 11.0 Å². The van der Waals surface area contributed by atoms with Crippen molar-refractivity contribution in [2.75, 3.05) is 7.11 Å². The predicted molar refractivity (Wildman–Crippen MR) is 87.9 cm³/mol. The van der Waals surface area contributed by atoms with E-state index in [0.717, 1.165) is 16.9 Å². The Hall–Kier alpha value is -2.38. The van der Waals surface area contributed by atoms with Crippen molar-refractivity contribution >= 4 is 21.1 Å². The van der Waals surface area contributed by atoms with Crippen molar-refractivity contribution in [2.24, 2.45) is 0 Å². The molecule has 3 aromatic rings. The van der Waals surface area contributed by atoms with Crippen LogP contribution in [0.3, 0.4) is 0 Å². The lowest BCUT2D eigenvalue weighted by Gasteiger charge is -2.09. The van der Waals surface area contributed by atoms with E-state index in [1.807, 2.05) is 25.1 Å². The lowest BCUT2D eigenvalue weighted by molar-refractivity contribution is 0.411. The number of fused-ring (bicyclic) bond motifs is 1. The van der Waals surface area contributed by atoms with E-state index in [1.54, 1.807) is 25.4 Å². The molecule has 0 atom stereocenters. The van der Waals surface area contributed by atoms with Gasteiger partial charge in [-0.25, -0.2) is 18.1 Å². The Morgan fingerprint density at radius 1 is 1.30 bits per heavy atom. The van der Waals surface area contributed by atoms with Gasteiger partial charge >= 0.3 is 0 Å². The molecule has 0 saturated heterocycles. The van der Waals surface area contributed by atoms with Gasteiger partial charge in [-0.15, -0.1) is 0 Å². The fraction of sp³-hybridized carbons (Fsp3) is 0.188. The van der Waals surface area contributed by atoms with E-state index in [9.17, 15) is 8.42 Å². The average molecular weight is 331 g/mol. The van der Waals surface area contributed by atoms with Crippen LogP contribution >= 0.6 is 0 Å². The van der Waals surface area contributed by atoms with Crippen molar-refractivity contribution in [3.63, 3.8) is 0 Å². The maximum atomic E-state index is 12.5. The van der Waals surface area contributed by atoms with Crippen LogP contribution in [-0.4, -0.2) is 25.5 Å². The standard InChI is InChI=1S/C16H17N3O3S/c1-11-8-12(5-6-14(11)22-2)9-19-23(20,21)15-10-18-16-13(15)4-3-7-17-16/h3-8,10,19H,9H2,1-2H3,(H,17,18). The molecule has 120 valence electrons. The summed E-state index contributed by atoms with van der Waals surface area (Å²) in [6.45, 7) is 2.13. The van der Waals surface area contributed by atoms with E-state index in [2.05, 4.69) is 14.7 Å². The highest BCUT2D eigenvalue weighted by Gasteiger charge is 2.19. The molecule has 0 radical (unpaired) electrons. The lowest BCUT2D eigenvalue weighted by atomic mass is 10.1. The summed E-state index contributed by atoms with van der Waals surface area (Å²) in [4.78, 5) is 7.17. The molecular weight excluding hydrogens is 314 g/mol. The van der Waals surface area contributed by atoms with Crippen LogP contribution in [0.2, 0.25) is 0 Å². The highest BCUT2D eigenvalue weighted by atomic mass is 32.2. The summed E-state index contributed by atoms with van der Waals surface area (Å²) in [5.41, 5.74) is 2.37. The minimum absolute atomic E-state index is 0.200. The molecule has 0 aliphatic rings. The highest BCUT2D eigenvalue weighted by molar-refractivity contribution is 7.89. The van der Waals surface area contributed by atoms with Gasteiger partial charge in [0.1, 0.15) is 16.3 Å². The summed E-state index contributed by atoms with van der Waals surface area (Å²) >= 11 is 0. The summed E-state index contributed by atoms with van der Waals surface area (Å²) < 4.78 is 32.8. The maximum Gasteiger partial charge on any atom is 0.243 e. The maximum absolute atomic E-state index is 12.5. The van der Waals surface area contributed by atoms with E-state index in [0.29, 0.717) is 11.0 Å². The topological polar surface area (TPSA) is 84.1 Å². The van der Waals surface area contributed by atoms with Gasteiger partial charge in [-0.1, -0.05) is 12.1 Å². The number of rotatable bonds is 5. The second kappa shape index (κ2) is 6.02. The van der Waals surface area contributed by atoms with Crippen LogP contribution in [0.5, 0.6) is 5.75 Å². The second-order valence-electron chi connectivity index (χ2n) is 5.18. The first kappa shape index (κ1) is 15.5. The number of nitrogens with one attached hydrogen (secondary N) is 2. The Bertz CT molecular complexity index is 948. The van der Waals surface area contributed by atoms with Crippen molar-refractivity contribution in [3.05, 3.63) is 53.9 Å². The number of aromatic amines is 1. The molecule has 0 aliphatic heterocycles. The molecule has 0 spiro atoms. The van der Waals surface area contributed by atoms with E-state index in [1.165, 1.54) is 6.20 Å². The molecule has 23 heavy (non-hydrogen) atoms. The van der Waals surface area contributed by atoms with Crippen LogP contribution in [0.15, 0.2) is 47.6 Å². The number of methoxy groups -OCH3 is 1. The molecule has 2 aromatic heterocycles. The van der Waals surface area contributed by atoms with Crippen LogP contribution in [0, 0.1) is 6.92 Å². The largest absolute Gasteiger partial charge is 0.496 e. The quantitative estimate of drug-likeness (QED) is 0.752. The Balaban J connectivity index is 1.83. The van der Waals surface area contributed by atoms with E-state index >= 15 is 0 Å². The molecule has 6 nitrogen and oxygen atoms in total. The molecule has 1 aromatic carbocycles. The molecule has 3 rings (SSSR count). The van der Waals surface area contributed by atoms with Gasteiger partial charge in [-0.05, 0) is 36.2 Å². The van der Waals surface area contributed by atoms with Gasteiger partial charge in [-0.3, -0.25) is 0 Å². The van der Waals surface area contributed by atoms with Crippen molar-refractivity contribution < 1.29 is 13.2 Å². The van der Waals surface area contributed by atoms with Gasteiger partial charge in [-0.2, -0.15) is 0 Å². The Labute approximate surface area is 134 Å². The molecule has 2 N–H and O–H groups in total. The third kappa shape index (κ3) is 3.06. The molecule has 7 heteroatoms. The van der Waals surface area contributed by atoms with E-state index < -0.39 is 10.0 Å². The zero-order chi connectivity index (χ0) is 16.4.